The monoisotopic (exact) mass is 313 g/mol. The average molecular weight is 313 g/mol. The third-order valence-corrected chi connectivity index (χ3v) is 3.91. The van der Waals surface area contributed by atoms with Crippen LogP contribution in [0.15, 0.2) is 36.5 Å². The summed E-state index contributed by atoms with van der Waals surface area (Å²) in [6.45, 7) is 0. The Balaban J connectivity index is 1.82. The van der Waals surface area contributed by atoms with Gasteiger partial charge in [0, 0.05) is 17.8 Å². The van der Waals surface area contributed by atoms with Crippen molar-refractivity contribution < 1.29 is 14.3 Å². The number of hydrogen-bond acceptors (Lipinski definition) is 6. The molecule has 0 bridgehead atoms. The molecule has 0 unspecified atom stereocenters. The fourth-order valence-corrected chi connectivity index (χ4v) is 2.78. The van der Waals surface area contributed by atoms with Gasteiger partial charge < -0.3 is 4.74 Å². The van der Waals surface area contributed by atoms with Gasteiger partial charge in [-0.3, -0.25) is 14.9 Å². The quantitative estimate of drug-likeness (QED) is 0.749. The summed E-state index contributed by atoms with van der Waals surface area (Å²) in [7, 11) is 1.51. The standard InChI is InChI=1S/C15H11N3O3S/c1-21-13-5-3-10(7-16-13)14(20)18-15-17-11-4-2-9(8-19)6-12(11)22-15/h2-8H,1H3,(H,17,18,20). The minimum atomic E-state index is -0.301. The Morgan fingerprint density at radius 3 is 2.86 bits per heavy atom. The molecule has 7 heteroatoms. The molecule has 6 nitrogen and oxygen atoms in total. The molecule has 0 radical (unpaired) electrons. The highest BCUT2D eigenvalue weighted by molar-refractivity contribution is 7.22. The Kier molecular flexibility index (Phi) is 3.80. The summed E-state index contributed by atoms with van der Waals surface area (Å²) in [6, 6.07) is 8.42. The number of hydrogen-bond donors (Lipinski definition) is 1. The molecule has 3 rings (SSSR count). The van der Waals surface area contributed by atoms with Gasteiger partial charge in [-0.2, -0.15) is 0 Å². The van der Waals surface area contributed by atoms with E-state index < -0.39 is 0 Å². The fourth-order valence-electron chi connectivity index (χ4n) is 1.87. The van der Waals surface area contributed by atoms with E-state index in [2.05, 4.69) is 15.3 Å². The number of carbonyl (C=O) groups is 2. The smallest absolute Gasteiger partial charge is 0.259 e. The van der Waals surface area contributed by atoms with Crippen molar-refractivity contribution >= 4 is 38.9 Å². The molecule has 0 fully saturated rings. The largest absolute Gasteiger partial charge is 0.481 e. The van der Waals surface area contributed by atoms with Crippen LogP contribution in [-0.4, -0.2) is 29.3 Å². The minimum absolute atomic E-state index is 0.301. The number of aromatic nitrogens is 2. The van der Waals surface area contributed by atoms with Crippen LogP contribution in [0.3, 0.4) is 0 Å². The highest BCUT2D eigenvalue weighted by Gasteiger charge is 2.11. The summed E-state index contributed by atoms with van der Waals surface area (Å²) in [5, 5.41) is 3.19. The number of nitrogens with zero attached hydrogens (tertiary/aromatic N) is 2. The van der Waals surface area contributed by atoms with Crippen LogP contribution in [-0.2, 0) is 0 Å². The Hall–Kier alpha value is -2.80. The maximum absolute atomic E-state index is 12.1. The predicted octanol–water partition coefficient (Wildman–Crippen LogP) is 2.76. The van der Waals surface area contributed by atoms with Crippen LogP contribution in [0.4, 0.5) is 5.13 Å². The van der Waals surface area contributed by atoms with Gasteiger partial charge in [0.15, 0.2) is 5.13 Å². The van der Waals surface area contributed by atoms with E-state index in [-0.39, 0.29) is 5.91 Å². The number of benzene rings is 1. The Labute approximate surface area is 129 Å². The van der Waals surface area contributed by atoms with E-state index >= 15 is 0 Å². The lowest BCUT2D eigenvalue weighted by Crippen LogP contribution is -2.11. The van der Waals surface area contributed by atoms with Crippen molar-refractivity contribution in [2.45, 2.75) is 0 Å². The van der Waals surface area contributed by atoms with Gasteiger partial charge in [-0.1, -0.05) is 11.3 Å². The van der Waals surface area contributed by atoms with Gasteiger partial charge in [-0.15, -0.1) is 0 Å². The molecule has 0 spiro atoms. The molecule has 0 saturated heterocycles. The molecule has 1 N–H and O–H groups in total. The third kappa shape index (κ3) is 2.79. The first-order chi connectivity index (χ1) is 10.7. The first kappa shape index (κ1) is 14.2. The molecular formula is C15H11N3O3S. The van der Waals surface area contributed by atoms with Crippen LogP contribution in [0.1, 0.15) is 20.7 Å². The Morgan fingerprint density at radius 2 is 2.18 bits per heavy atom. The number of amides is 1. The Bertz CT molecular complexity index is 843. The van der Waals surface area contributed by atoms with Crippen molar-refractivity contribution in [3.05, 3.63) is 47.7 Å². The highest BCUT2D eigenvalue weighted by Crippen LogP contribution is 2.26. The summed E-state index contributed by atoms with van der Waals surface area (Å²) < 4.78 is 5.79. The SMILES string of the molecule is COc1ccc(C(=O)Nc2nc3ccc(C=O)cc3s2)cn1. The van der Waals surface area contributed by atoms with Gasteiger partial charge >= 0.3 is 0 Å². The average Bonchev–Trinajstić information content (AvgIpc) is 2.95. The number of ether oxygens (including phenoxy) is 1. The number of pyridine rings is 1. The van der Waals surface area contributed by atoms with Gasteiger partial charge in [0.05, 0.1) is 22.9 Å². The second kappa shape index (κ2) is 5.90. The third-order valence-electron chi connectivity index (χ3n) is 2.98. The fraction of sp³-hybridized carbons (Fsp3) is 0.0667. The molecule has 2 heterocycles. The van der Waals surface area contributed by atoms with Crippen molar-refractivity contribution in [1.82, 2.24) is 9.97 Å². The van der Waals surface area contributed by atoms with Crippen LogP contribution >= 0.6 is 11.3 Å². The van der Waals surface area contributed by atoms with Crippen LogP contribution in [0.2, 0.25) is 0 Å². The molecule has 0 aliphatic carbocycles. The molecule has 3 aromatic rings. The molecule has 0 atom stereocenters. The molecule has 0 aliphatic rings. The second-order valence-corrected chi connectivity index (χ2v) is 5.44. The van der Waals surface area contributed by atoms with E-state index in [0.717, 1.165) is 16.5 Å². The van der Waals surface area contributed by atoms with Crippen LogP contribution < -0.4 is 10.1 Å². The summed E-state index contributed by atoms with van der Waals surface area (Å²) in [4.78, 5) is 31.2. The van der Waals surface area contributed by atoms with E-state index in [4.69, 9.17) is 4.74 Å². The van der Waals surface area contributed by atoms with Gasteiger partial charge in [-0.25, -0.2) is 9.97 Å². The van der Waals surface area contributed by atoms with E-state index in [1.165, 1.54) is 24.6 Å². The zero-order chi connectivity index (χ0) is 15.5. The second-order valence-electron chi connectivity index (χ2n) is 4.41. The van der Waals surface area contributed by atoms with Crippen molar-refractivity contribution in [3.63, 3.8) is 0 Å². The molecular weight excluding hydrogens is 302 g/mol. The molecule has 0 aliphatic heterocycles. The number of fused-ring (bicyclic) bond motifs is 1. The molecule has 1 aromatic carbocycles. The normalized spacial score (nSPS) is 10.4. The van der Waals surface area contributed by atoms with Gasteiger partial charge in [-0.05, 0) is 24.3 Å². The van der Waals surface area contributed by atoms with Crippen LogP contribution in [0.5, 0.6) is 5.88 Å². The number of carbonyl (C=O) groups excluding carboxylic acids is 2. The zero-order valence-electron chi connectivity index (χ0n) is 11.6. The number of methoxy groups -OCH3 is 1. The molecule has 2 aromatic heterocycles. The van der Waals surface area contributed by atoms with E-state index in [1.54, 1.807) is 30.3 Å². The topological polar surface area (TPSA) is 81.2 Å². The number of thiazole rings is 1. The van der Waals surface area contributed by atoms with E-state index in [1.807, 2.05) is 0 Å². The predicted molar refractivity (Wildman–Crippen MR) is 83.7 cm³/mol. The van der Waals surface area contributed by atoms with Crippen molar-refractivity contribution in [2.24, 2.45) is 0 Å². The van der Waals surface area contributed by atoms with Crippen LogP contribution in [0, 0.1) is 0 Å². The van der Waals surface area contributed by atoms with Gasteiger partial charge in [0.25, 0.3) is 5.91 Å². The lowest BCUT2D eigenvalue weighted by Gasteiger charge is -2.02. The first-order valence-electron chi connectivity index (χ1n) is 6.37. The molecule has 110 valence electrons. The molecule has 1 amide bonds. The zero-order valence-corrected chi connectivity index (χ0v) is 12.4. The number of aldehydes is 1. The maximum atomic E-state index is 12.1. The summed E-state index contributed by atoms with van der Waals surface area (Å²) >= 11 is 1.31. The maximum Gasteiger partial charge on any atom is 0.259 e. The van der Waals surface area contributed by atoms with E-state index in [0.29, 0.717) is 22.1 Å². The van der Waals surface area contributed by atoms with E-state index in [9.17, 15) is 9.59 Å². The van der Waals surface area contributed by atoms with Crippen molar-refractivity contribution in [2.75, 3.05) is 12.4 Å². The van der Waals surface area contributed by atoms with Crippen molar-refractivity contribution in [1.29, 1.82) is 0 Å². The molecule has 0 saturated carbocycles. The van der Waals surface area contributed by atoms with Crippen LogP contribution in [0.25, 0.3) is 10.2 Å². The number of rotatable bonds is 4. The first-order valence-corrected chi connectivity index (χ1v) is 7.18. The lowest BCUT2D eigenvalue weighted by molar-refractivity contribution is 0.102. The van der Waals surface area contributed by atoms with Gasteiger partial charge in [0.2, 0.25) is 5.88 Å². The van der Waals surface area contributed by atoms with Gasteiger partial charge in [0.1, 0.15) is 6.29 Å². The van der Waals surface area contributed by atoms with Crippen molar-refractivity contribution in [3.8, 4) is 5.88 Å². The number of nitrogens with one attached hydrogen (secondary N) is 1. The molecule has 22 heavy (non-hydrogen) atoms. The highest BCUT2D eigenvalue weighted by atomic mass is 32.1. The summed E-state index contributed by atoms with van der Waals surface area (Å²) in [6.07, 6.45) is 2.21. The number of anilines is 1. The lowest BCUT2D eigenvalue weighted by atomic mass is 10.2. The summed E-state index contributed by atoms with van der Waals surface area (Å²) in [5.74, 6) is 0.141. The summed E-state index contributed by atoms with van der Waals surface area (Å²) in [5.41, 5.74) is 1.72. The minimum Gasteiger partial charge on any atom is -0.481 e. The Morgan fingerprint density at radius 1 is 1.32 bits per heavy atom.